The number of hydrogen-bond acceptors (Lipinski definition) is 3. The molecule has 2 unspecified atom stereocenters. The summed E-state index contributed by atoms with van der Waals surface area (Å²) in [6.07, 6.45) is 1.44. The summed E-state index contributed by atoms with van der Waals surface area (Å²) in [5.74, 6) is 0. The Morgan fingerprint density at radius 3 is 2.50 bits per heavy atom. The number of rotatable bonds is 2. The molecular formula is C12H17BrN2O2S. The third kappa shape index (κ3) is 2.77. The van der Waals surface area contributed by atoms with Gasteiger partial charge in [0.1, 0.15) is 0 Å². The van der Waals surface area contributed by atoms with E-state index in [2.05, 4.69) is 15.9 Å². The Morgan fingerprint density at radius 1 is 1.33 bits per heavy atom. The van der Waals surface area contributed by atoms with Crippen LogP contribution in [-0.4, -0.2) is 31.4 Å². The van der Waals surface area contributed by atoms with Gasteiger partial charge in [0.2, 0.25) is 10.0 Å². The fourth-order valence-electron chi connectivity index (χ4n) is 2.29. The summed E-state index contributed by atoms with van der Waals surface area (Å²) < 4.78 is 27.4. The molecule has 1 saturated heterocycles. The Hall–Kier alpha value is -0.430. The quantitative estimate of drug-likeness (QED) is 0.900. The van der Waals surface area contributed by atoms with Crippen molar-refractivity contribution in [3.05, 3.63) is 28.7 Å². The van der Waals surface area contributed by atoms with Crippen molar-refractivity contribution >= 4 is 26.0 Å². The molecule has 1 aliphatic rings. The highest BCUT2D eigenvalue weighted by molar-refractivity contribution is 9.10. The van der Waals surface area contributed by atoms with Crippen LogP contribution in [0.4, 0.5) is 0 Å². The average Bonchev–Trinajstić information content (AvgIpc) is 2.29. The lowest BCUT2D eigenvalue weighted by Gasteiger charge is -2.35. The molecule has 0 radical (unpaired) electrons. The Kier molecular flexibility index (Phi) is 4.11. The summed E-state index contributed by atoms with van der Waals surface area (Å²) in [5.41, 5.74) is 5.86. The molecule has 2 atom stereocenters. The van der Waals surface area contributed by atoms with Crippen molar-refractivity contribution in [2.45, 2.75) is 36.7 Å². The van der Waals surface area contributed by atoms with Crippen molar-refractivity contribution in [2.24, 2.45) is 5.73 Å². The van der Waals surface area contributed by atoms with Crippen molar-refractivity contribution in [1.29, 1.82) is 0 Å². The first-order valence-corrected chi connectivity index (χ1v) is 8.17. The van der Waals surface area contributed by atoms with Gasteiger partial charge in [-0.1, -0.05) is 15.9 Å². The molecular weight excluding hydrogens is 316 g/mol. The minimum Gasteiger partial charge on any atom is -0.328 e. The Bertz CT molecular complexity index is 515. The number of nitrogens with zero attached hydrogens (tertiary/aromatic N) is 1. The van der Waals surface area contributed by atoms with Crippen LogP contribution in [0.25, 0.3) is 0 Å². The highest BCUT2D eigenvalue weighted by Crippen LogP contribution is 2.25. The van der Waals surface area contributed by atoms with Crippen LogP contribution < -0.4 is 5.73 Å². The van der Waals surface area contributed by atoms with E-state index in [0.29, 0.717) is 11.4 Å². The highest BCUT2D eigenvalue weighted by atomic mass is 79.9. The molecule has 18 heavy (non-hydrogen) atoms. The Balaban J connectivity index is 2.28. The first-order chi connectivity index (χ1) is 8.41. The molecule has 0 spiro atoms. The number of hydrogen-bond donors (Lipinski definition) is 1. The lowest BCUT2D eigenvalue weighted by molar-refractivity contribution is 0.247. The van der Waals surface area contributed by atoms with E-state index in [1.54, 1.807) is 28.6 Å². The maximum atomic E-state index is 12.5. The summed E-state index contributed by atoms with van der Waals surface area (Å²) in [4.78, 5) is 0.341. The van der Waals surface area contributed by atoms with E-state index in [0.717, 1.165) is 17.3 Å². The fourth-order valence-corrected chi connectivity index (χ4v) is 4.21. The largest absolute Gasteiger partial charge is 0.328 e. The van der Waals surface area contributed by atoms with Gasteiger partial charge in [-0.2, -0.15) is 4.31 Å². The molecule has 0 bridgehead atoms. The van der Waals surface area contributed by atoms with Crippen molar-refractivity contribution in [3.8, 4) is 0 Å². The first-order valence-electron chi connectivity index (χ1n) is 5.94. The first kappa shape index (κ1) is 14.0. The SMILES string of the molecule is CC1CC(N)CCN1S(=O)(=O)c1ccc(Br)cc1. The molecule has 0 amide bonds. The zero-order valence-electron chi connectivity index (χ0n) is 10.2. The number of nitrogens with two attached hydrogens (primary N) is 1. The Morgan fingerprint density at radius 2 is 1.94 bits per heavy atom. The van der Waals surface area contributed by atoms with E-state index >= 15 is 0 Å². The minimum absolute atomic E-state index is 0.0394. The van der Waals surface area contributed by atoms with Crippen LogP contribution in [0.15, 0.2) is 33.6 Å². The standard InChI is InChI=1S/C12H17BrN2O2S/c1-9-8-11(14)6-7-15(9)18(16,17)12-4-2-10(13)3-5-12/h2-5,9,11H,6-8,14H2,1H3. The average molecular weight is 333 g/mol. The highest BCUT2D eigenvalue weighted by Gasteiger charge is 2.33. The molecule has 2 rings (SSSR count). The number of halogens is 1. The normalized spacial score (nSPS) is 26.2. The van der Waals surface area contributed by atoms with Crippen LogP contribution in [0.3, 0.4) is 0 Å². The molecule has 1 aromatic carbocycles. The third-order valence-corrected chi connectivity index (χ3v) is 5.83. The van der Waals surface area contributed by atoms with E-state index in [1.807, 2.05) is 6.92 Å². The maximum absolute atomic E-state index is 12.5. The second-order valence-electron chi connectivity index (χ2n) is 4.70. The molecule has 1 fully saturated rings. The Labute approximate surface area is 116 Å². The lowest BCUT2D eigenvalue weighted by Crippen LogP contribution is -2.48. The van der Waals surface area contributed by atoms with Crippen LogP contribution in [0.2, 0.25) is 0 Å². The van der Waals surface area contributed by atoms with Crippen molar-refractivity contribution in [2.75, 3.05) is 6.54 Å². The van der Waals surface area contributed by atoms with E-state index in [9.17, 15) is 8.42 Å². The molecule has 0 aliphatic carbocycles. The monoisotopic (exact) mass is 332 g/mol. The lowest BCUT2D eigenvalue weighted by atomic mass is 10.0. The minimum atomic E-state index is -3.39. The predicted octanol–water partition coefficient (Wildman–Crippen LogP) is 1.95. The molecule has 100 valence electrons. The van der Waals surface area contributed by atoms with Crippen molar-refractivity contribution < 1.29 is 8.42 Å². The van der Waals surface area contributed by atoms with E-state index in [4.69, 9.17) is 5.73 Å². The van der Waals surface area contributed by atoms with Gasteiger partial charge in [0.05, 0.1) is 4.90 Å². The maximum Gasteiger partial charge on any atom is 0.243 e. The molecule has 1 aromatic rings. The van der Waals surface area contributed by atoms with E-state index in [-0.39, 0.29) is 12.1 Å². The van der Waals surface area contributed by atoms with Gasteiger partial charge in [0.25, 0.3) is 0 Å². The second-order valence-corrected chi connectivity index (χ2v) is 7.51. The van der Waals surface area contributed by atoms with E-state index < -0.39 is 10.0 Å². The number of sulfonamides is 1. The van der Waals surface area contributed by atoms with Gasteiger partial charge < -0.3 is 5.73 Å². The van der Waals surface area contributed by atoms with Gasteiger partial charge >= 0.3 is 0 Å². The van der Waals surface area contributed by atoms with Crippen LogP contribution in [0, 0.1) is 0 Å². The third-order valence-electron chi connectivity index (χ3n) is 3.28. The molecule has 2 N–H and O–H groups in total. The van der Waals surface area contributed by atoms with Gasteiger partial charge in [0, 0.05) is 23.1 Å². The van der Waals surface area contributed by atoms with Crippen LogP contribution >= 0.6 is 15.9 Å². The van der Waals surface area contributed by atoms with Crippen molar-refractivity contribution in [1.82, 2.24) is 4.31 Å². The van der Waals surface area contributed by atoms with Crippen LogP contribution in [-0.2, 0) is 10.0 Å². The van der Waals surface area contributed by atoms with Gasteiger partial charge in [-0.15, -0.1) is 0 Å². The van der Waals surface area contributed by atoms with Gasteiger partial charge in [-0.3, -0.25) is 0 Å². The molecule has 1 aliphatic heterocycles. The summed E-state index contributed by atoms with van der Waals surface area (Å²) >= 11 is 3.30. The predicted molar refractivity (Wildman–Crippen MR) is 74.7 cm³/mol. The zero-order chi connectivity index (χ0) is 13.3. The molecule has 0 saturated carbocycles. The summed E-state index contributed by atoms with van der Waals surface area (Å²) in [5, 5.41) is 0. The van der Waals surface area contributed by atoms with Crippen LogP contribution in [0.1, 0.15) is 19.8 Å². The summed E-state index contributed by atoms with van der Waals surface area (Å²) in [6.45, 7) is 2.41. The zero-order valence-corrected chi connectivity index (χ0v) is 12.6. The summed E-state index contributed by atoms with van der Waals surface area (Å²) in [7, 11) is -3.39. The van der Waals surface area contributed by atoms with Crippen molar-refractivity contribution in [3.63, 3.8) is 0 Å². The molecule has 0 aromatic heterocycles. The fraction of sp³-hybridized carbons (Fsp3) is 0.500. The van der Waals surface area contributed by atoms with E-state index in [1.165, 1.54) is 0 Å². The smallest absolute Gasteiger partial charge is 0.243 e. The topological polar surface area (TPSA) is 63.4 Å². The molecule has 6 heteroatoms. The number of piperidine rings is 1. The number of benzene rings is 1. The molecule has 4 nitrogen and oxygen atoms in total. The van der Waals surface area contributed by atoms with Gasteiger partial charge in [-0.25, -0.2) is 8.42 Å². The molecule has 1 heterocycles. The summed E-state index contributed by atoms with van der Waals surface area (Å²) in [6, 6.07) is 6.81. The second kappa shape index (κ2) is 5.28. The van der Waals surface area contributed by atoms with Gasteiger partial charge in [0.15, 0.2) is 0 Å². The van der Waals surface area contributed by atoms with Crippen LogP contribution in [0.5, 0.6) is 0 Å². The van der Waals surface area contributed by atoms with Gasteiger partial charge in [-0.05, 0) is 44.0 Å².